The first-order valence-corrected chi connectivity index (χ1v) is 5.05. The molecule has 0 aliphatic carbocycles. The maximum absolute atomic E-state index is 11.6. The van der Waals surface area contributed by atoms with Crippen molar-refractivity contribution in [1.82, 2.24) is 4.98 Å². The Balaban J connectivity index is 3.25. The van der Waals surface area contributed by atoms with Crippen molar-refractivity contribution in [3.05, 3.63) is 27.5 Å². The third-order valence-electron chi connectivity index (χ3n) is 2.47. The van der Waals surface area contributed by atoms with Gasteiger partial charge < -0.3 is 9.88 Å². The van der Waals surface area contributed by atoms with E-state index in [9.17, 15) is 4.79 Å². The molecule has 3 heteroatoms. The SMILES string of the molecule is CCN(CC)c1[nH]c(C)cc(=O)c1C. The van der Waals surface area contributed by atoms with E-state index in [0.29, 0.717) is 0 Å². The molecule has 0 amide bonds. The average molecular weight is 194 g/mol. The van der Waals surface area contributed by atoms with Gasteiger partial charge in [0.1, 0.15) is 5.82 Å². The summed E-state index contributed by atoms with van der Waals surface area (Å²) in [6, 6.07) is 1.64. The van der Waals surface area contributed by atoms with E-state index in [2.05, 4.69) is 23.7 Å². The van der Waals surface area contributed by atoms with Crippen LogP contribution >= 0.6 is 0 Å². The van der Waals surface area contributed by atoms with E-state index in [1.165, 1.54) is 0 Å². The van der Waals surface area contributed by atoms with Crippen molar-refractivity contribution in [2.45, 2.75) is 27.7 Å². The molecule has 0 radical (unpaired) electrons. The van der Waals surface area contributed by atoms with E-state index in [-0.39, 0.29) is 5.43 Å². The van der Waals surface area contributed by atoms with Gasteiger partial charge in [0.05, 0.1) is 0 Å². The molecule has 1 N–H and O–H groups in total. The fourth-order valence-electron chi connectivity index (χ4n) is 1.59. The third-order valence-corrected chi connectivity index (χ3v) is 2.47. The summed E-state index contributed by atoms with van der Waals surface area (Å²) < 4.78 is 0. The number of hydrogen-bond acceptors (Lipinski definition) is 2. The molecule has 0 saturated heterocycles. The Morgan fingerprint density at radius 2 is 1.86 bits per heavy atom. The van der Waals surface area contributed by atoms with Crippen molar-refractivity contribution < 1.29 is 0 Å². The van der Waals surface area contributed by atoms with E-state index >= 15 is 0 Å². The van der Waals surface area contributed by atoms with Crippen LogP contribution in [0.5, 0.6) is 0 Å². The second-order valence-electron chi connectivity index (χ2n) is 3.46. The highest BCUT2D eigenvalue weighted by atomic mass is 16.1. The van der Waals surface area contributed by atoms with Crippen LogP contribution in [0.3, 0.4) is 0 Å². The molecule has 0 aliphatic heterocycles. The molecule has 0 fully saturated rings. The van der Waals surface area contributed by atoms with Crippen LogP contribution in [0.4, 0.5) is 5.82 Å². The quantitative estimate of drug-likeness (QED) is 0.797. The summed E-state index contributed by atoms with van der Waals surface area (Å²) in [6.45, 7) is 9.78. The zero-order chi connectivity index (χ0) is 10.7. The number of hydrogen-bond donors (Lipinski definition) is 1. The van der Waals surface area contributed by atoms with Gasteiger partial charge in [0.2, 0.25) is 0 Å². The number of pyridine rings is 1. The Morgan fingerprint density at radius 1 is 1.29 bits per heavy atom. The van der Waals surface area contributed by atoms with Crippen molar-refractivity contribution in [3.8, 4) is 0 Å². The summed E-state index contributed by atoms with van der Waals surface area (Å²) in [4.78, 5) is 17.0. The minimum Gasteiger partial charge on any atom is -0.358 e. The van der Waals surface area contributed by atoms with E-state index in [1.807, 2.05) is 13.8 Å². The van der Waals surface area contributed by atoms with Crippen LogP contribution in [0.1, 0.15) is 25.1 Å². The fraction of sp³-hybridized carbons (Fsp3) is 0.545. The van der Waals surface area contributed by atoms with E-state index in [1.54, 1.807) is 6.07 Å². The second-order valence-corrected chi connectivity index (χ2v) is 3.46. The van der Waals surface area contributed by atoms with Gasteiger partial charge in [0.15, 0.2) is 5.43 Å². The molecular weight excluding hydrogens is 176 g/mol. The Morgan fingerprint density at radius 3 is 2.36 bits per heavy atom. The van der Waals surface area contributed by atoms with Gasteiger partial charge in [0, 0.05) is 30.4 Å². The number of nitrogens with zero attached hydrogens (tertiary/aromatic N) is 1. The normalized spacial score (nSPS) is 10.3. The lowest BCUT2D eigenvalue weighted by Crippen LogP contribution is -2.26. The summed E-state index contributed by atoms with van der Waals surface area (Å²) >= 11 is 0. The Kier molecular flexibility index (Phi) is 3.33. The first-order valence-electron chi connectivity index (χ1n) is 5.05. The molecule has 3 nitrogen and oxygen atoms in total. The van der Waals surface area contributed by atoms with Crippen LogP contribution in [0.15, 0.2) is 10.9 Å². The molecule has 14 heavy (non-hydrogen) atoms. The smallest absolute Gasteiger partial charge is 0.186 e. The molecule has 0 saturated carbocycles. The van der Waals surface area contributed by atoms with Crippen LogP contribution in [0, 0.1) is 13.8 Å². The Labute approximate surface area is 84.8 Å². The average Bonchev–Trinajstić information content (AvgIpc) is 2.15. The highest BCUT2D eigenvalue weighted by molar-refractivity contribution is 5.46. The summed E-state index contributed by atoms with van der Waals surface area (Å²) in [7, 11) is 0. The predicted octanol–water partition coefficient (Wildman–Crippen LogP) is 1.84. The molecule has 0 aliphatic rings. The van der Waals surface area contributed by atoms with E-state index < -0.39 is 0 Å². The minimum absolute atomic E-state index is 0.114. The maximum Gasteiger partial charge on any atom is 0.186 e. The lowest BCUT2D eigenvalue weighted by atomic mass is 10.2. The van der Waals surface area contributed by atoms with Crippen LogP contribution in [0.25, 0.3) is 0 Å². The summed E-state index contributed by atoms with van der Waals surface area (Å²) in [6.07, 6.45) is 0. The standard InChI is InChI=1S/C11H18N2O/c1-5-13(6-2)11-9(4)10(14)7-8(3)12-11/h7H,5-6H2,1-4H3,(H,12,14). The Bertz CT molecular complexity index is 364. The van der Waals surface area contributed by atoms with Crippen LogP contribution < -0.4 is 10.3 Å². The summed E-state index contributed by atoms with van der Waals surface area (Å²) in [5.74, 6) is 0.958. The molecule has 0 aromatic carbocycles. The van der Waals surface area contributed by atoms with Gasteiger partial charge in [-0.25, -0.2) is 0 Å². The van der Waals surface area contributed by atoms with Gasteiger partial charge in [0.25, 0.3) is 0 Å². The van der Waals surface area contributed by atoms with Gasteiger partial charge in [-0.3, -0.25) is 4.79 Å². The van der Waals surface area contributed by atoms with Crippen molar-refractivity contribution in [2.75, 3.05) is 18.0 Å². The molecule has 1 aromatic rings. The highest BCUT2D eigenvalue weighted by Crippen LogP contribution is 2.13. The largest absolute Gasteiger partial charge is 0.358 e. The number of aromatic nitrogens is 1. The lowest BCUT2D eigenvalue weighted by Gasteiger charge is -2.22. The van der Waals surface area contributed by atoms with Gasteiger partial charge in [-0.1, -0.05) is 0 Å². The first kappa shape index (κ1) is 10.8. The molecule has 1 heterocycles. The second kappa shape index (κ2) is 4.31. The van der Waals surface area contributed by atoms with Gasteiger partial charge in [-0.05, 0) is 27.7 Å². The molecule has 0 bridgehead atoms. The molecule has 0 atom stereocenters. The topological polar surface area (TPSA) is 36.1 Å². The highest BCUT2D eigenvalue weighted by Gasteiger charge is 2.08. The van der Waals surface area contributed by atoms with Gasteiger partial charge in [-0.2, -0.15) is 0 Å². The van der Waals surface area contributed by atoms with Crippen LogP contribution in [0.2, 0.25) is 0 Å². The monoisotopic (exact) mass is 194 g/mol. The molecule has 1 rings (SSSR count). The zero-order valence-corrected chi connectivity index (χ0v) is 9.35. The van der Waals surface area contributed by atoms with Crippen molar-refractivity contribution in [2.24, 2.45) is 0 Å². The minimum atomic E-state index is 0.114. The molecule has 1 aromatic heterocycles. The summed E-state index contributed by atoms with van der Waals surface area (Å²) in [5, 5.41) is 0. The number of nitrogens with one attached hydrogen (secondary N) is 1. The first-order chi connectivity index (χ1) is 6.60. The van der Waals surface area contributed by atoms with Crippen molar-refractivity contribution in [1.29, 1.82) is 0 Å². The number of aromatic amines is 1. The Hall–Kier alpha value is -1.25. The van der Waals surface area contributed by atoms with E-state index in [4.69, 9.17) is 0 Å². The van der Waals surface area contributed by atoms with Crippen molar-refractivity contribution in [3.63, 3.8) is 0 Å². The molecular formula is C11H18N2O. The van der Waals surface area contributed by atoms with Crippen LogP contribution in [-0.4, -0.2) is 18.1 Å². The fourth-order valence-corrected chi connectivity index (χ4v) is 1.59. The van der Waals surface area contributed by atoms with Gasteiger partial charge >= 0.3 is 0 Å². The van der Waals surface area contributed by atoms with E-state index in [0.717, 1.165) is 30.2 Å². The van der Waals surface area contributed by atoms with Crippen LogP contribution in [-0.2, 0) is 0 Å². The maximum atomic E-state index is 11.6. The molecule has 78 valence electrons. The number of aryl methyl sites for hydroxylation is 1. The predicted molar refractivity (Wildman–Crippen MR) is 60.1 cm³/mol. The summed E-state index contributed by atoms with van der Waals surface area (Å²) in [5.41, 5.74) is 1.84. The van der Waals surface area contributed by atoms with Gasteiger partial charge in [-0.15, -0.1) is 0 Å². The molecule has 0 spiro atoms. The number of anilines is 1. The lowest BCUT2D eigenvalue weighted by molar-refractivity contribution is 0.834. The van der Waals surface area contributed by atoms with Crippen molar-refractivity contribution >= 4 is 5.82 Å². The molecule has 0 unspecified atom stereocenters. The number of H-pyrrole nitrogens is 1. The number of rotatable bonds is 3. The third kappa shape index (κ3) is 1.97. The zero-order valence-electron chi connectivity index (χ0n) is 9.35.